The quantitative estimate of drug-likeness (QED) is 0.886. The van der Waals surface area contributed by atoms with Gasteiger partial charge in [0.05, 0.1) is 11.3 Å². The minimum absolute atomic E-state index is 0.0377. The van der Waals surface area contributed by atoms with Crippen LogP contribution in [-0.4, -0.2) is 40.5 Å². The van der Waals surface area contributed by atoms with Gasteiger partial charge >= 0.3 is 0 Å². The Morgan fingerprint density at radius 1 is 1.38 bits per heavy atom. The fourth-order valence-electron chi connectivity index (χ4n) is 3.11. The van der Waals surface area contributed by atoms with Gasteiger partial charge in [0.2, 0.25) is 0 Å². The first-order valence-electron chi connectivity index (χ1n) is 8.32. The predicted octanol–water partition coefficient (Wildman–Crippen LogP) is 2.35. The van der Waals surface area contributed by atoms with Crippen LogP contribution in [0.3, 0.4) is 0 Å². The molecule has 1 aromatic heterocycles. The van der Waals surface area contributed by atoms with Gasteiger partial charge in [-0.2, -0.15) is 0 Å². The summed E-state index contributed by atoms with van der Waals surface area (Å²) in [5.74, 6) is 0.261. The Labute approximate surface area is 142 Å². The van der Waals surface area contributed by atoms with Crippen molar-refractivity contribution < 1.29 is 9.90 Å². The van der Waals surface area contributed by atoms with Gasteiger partial charge in [-0.25, -0.2) is 0 Å². The number of aromatic hydroxyl groups is 1. The second-order valence-electron chi connectivity index (χ2n) is 6.44. The lowest BCUT2D eigenvalue weighted by Crippen LogP contribution is -2.31. The third kappa shape index (κ3) is 4.11. The van der Waals surface area contributed by atoms with Crippen molar-refractivity contribution in [2.45, 2.75) is 19.9 Å². The standard InChI is InChI=1S/C19H23N3O2/c1-14-5-6-17(18(23)10-14)19(24)21-11-15-7-9-22(12-15)13-16-4-2-3-8-20-16/h2-6,8,10,15,23H,7,9,11-13H2,1H3,(H,21,24). The van der Waals surface area contributed by atoms with Gasteiger partial charge in [0, 0.05) is 25.8 Å². The number of carbonyl (C=O) groups is 1. The summed E-state index contributed by atoms with van der Waals surface area (Å²) >= 11 is 0. The molecular weight excluding hydrogens is 302 g/mol. The molecule has 1 amide bonds. The van der Waals surface area contributed by atoms with Crippen LogP contribution in [0.5, 0.6) is 5.75 Å². The lowest BCUT2D eigenvalue weighted by molar-refractivity contribution is 0.0944. The average Bonchev–Trinajstić information content (AvgIpc) is 3.01. The van der Waals surface area contributed by atoms with Crippen molar-refractivity contribution in [3.8, 4) is 5.75 Å². The second-order valence-corrected chi connectivity index (χ2v) is 6.44. The number of phenols is 1. The van der Waals surface area contributed by atoms with Crippen molar-refractivity contribution in [1.82, 2.24) is 15.2 Å². The van der Waals surface area contributed by atoms with Crippen molar-refractivity contribution in [2.75, 3.05) is 19.6 Å². The van der Waals surface area contributed by atoms with Crippen LogP contribution < -0.4 is 5.32 Å². The van der Waals surface area contributed by atoms with Gasteiger partial charge in [0.15, 0.2) is 0 Å². The highest BCUT2D eigenvalue weighted by Gasteiger charge is 2.23. The number of hydrogen-bond donors (Lipinski definition) is 2. The molecule has 2 heterocycles. The maximum absolute atomic E-state index is 12.2. The first kappa shape index (κ1) is 16.5. The van der Waals surface area contributed by atoms with Crippen molar-refractivity contribution in [3.63, 3.8) is 0 Å². The SMILES string of the molecule is Cc1ccc(C(=O)NCC2CCN(Cc3ccccn3)C2)c(O)c1. The van der Waals surface area contributed by atoms with E-state index in [0.29, 0.717) is 18.0 Å². The van der Waals surface area contributed by atoms with Crippen LogP contribution in [0.15, 0.2) is 42.6 Å². The zero-order valence-corrected chi connectivity index (χ0v) is 13.9. The van der Waals surface area contributed by atoms with Gasteiger partial charge in [-0.15, -0.1) is 0 Å². The van der Waals surface area contributed by atoms with Crippen molar-refractivity contribution in [2.24, 2.45) is 5.92 Å². The molecule has 1 aliphatic heterocycles. The number of rotatable bonds is 5. The maximum Gasteiger partial charge on any atom is 0.255 e. The van der Waals surface area contributed by atoms with E-state index >= 15 is 0 Å². The van der Waals surface area contributed by atoms with Crippen LogP contribution in [0.25, 0.3) is 0 Å². The number of pyridine rings is 1. The first-order valence-corrected chi connectivity index (χ1v) is 8.32. The number of nitrogens with one attached hydrogen (secondary N) is 1. The molecule has 2 N–H and O–H groups in total. The monoisotopic (exact) mass is 325 g/mol. The Kier molecular flexibility index (Phi) is 5.11. The highest BCUT2D eigenvalue weighted by atomic mass is 16.3. The third-order valence-electron chi connectivity index (χ3n) is 4.43. The zero-order valence-electron chi connectivity index (χ0n) is 13.9. The van der Waals surface area contributed by atoms with Crippen LogP contribution in [-0.2, 0) is 6.54 Å². The van der Waals surface area contributed by atoms with Crippen LogP contribution in [0, 0.1) is 12.8 Å². The lowest BCUT2D eigenvalue weighted by Gasteiger charge is -2.16. The van der Waals surface area contributed by atoms with E-state index in [1.807, 2.05) is 37.4 Å². The molecule has 5 heteroatoms. The fraction of sp³-hybridized carbons (Fsp3) is 0.368. The topological polar surface area (TPSA) is 65.5 Å². The molecule has 1 aliphatic rings. The van der Waals surface area contributed by atoms with Gasteiger partial charge in [0.1, 0.15) is 5.75 Å². The highest BCUT2D eigenvalue weighted by Crippen LogP contribution is 2.20. The number of amides is 1. The van der Waals surface area contributed by atoms with Crippen molar-refractivity contribution in [3.05, 3.63) is 59.4 Å². The van der Waals surface area contributed by atoms with Crippen LogP contribution in [0.4, 0.5) is 0 Å². The summed E-state index contributed by atoms with van der Waals surface area (Å²) in [7, 11) is 0. The molecule has 1 fully saturated rings. The number of carbonyl (C=O) groups excluding carboxylic acids is 1. The molecule has 0 aliphatic carbocycles. The number of phenolic OH excluding ortho intramolecular Hbond substituents is 1. The van der Waals surface area contributed by atoms with E-state index in [0.717, 1.165) is 37.3 Å². The number of likely N-dealkylation sites (tertiary alicyclic amines) is 1. The molecule has 0 radical (unpaired) electrons. The lowest BCUT2D eigenvalue weighted by atomic mass is 10.1. The van der Waals surface area contributed by atoms with E-state index in [1.165, 1.54) is 0 Å². The average molecular weight is 325 g/mol. The minimum Gasteiger partial charge on any atom is -0.507 e. The number of aromatic nitrogens is 1. The molecule has 2 aromatic rings. The van der Waals surface area contributed by atoms with E-state index in [1.54, 1.807) is 12.1 Å². The molecule has 0 spiro atoms. The summed E-state index contributed by atoms with van der Waals surface area (Å²) in [5, 5.41) is 12.8. The molecule has 126 valence electrons. The molecular formula is C19H23N3O2. The van der Waals surface area contributed by atoms with Gasteiger partial charge in [-0.05, 0) is 55.6 Å². The van der Waals surface area contributed by atoms with E-state index in [4.69, 9.17) is 0 Å². The van der Waals surface area contributed by atoms with Gasteiger partial charge in [-0.1, -0.05) is 12.1 Å². The molecule has 1 saturated heterocycles. The third-order valence-corrected chi connectivity index (χ3v) is 4.43. The Morgan fingerprint density at radius 2 is 2.25 bits per heavy atom. The molecule has 24 heavy (non-hydrogen) atoms. The molecule has 0 saturated carbocycles. The Hall–Kier alpha value is -2.40. The van der Waals surface area contributed by atoms with E-state index in [2.05, 4.69) is 15.2 Å². The molecule has 1 atom stereocenters. The maximum atomic E-state index is 12.2. The number of benzene rings is 1. The summed E-state index contributed by atoms with van der Waals surface area (Å²) in [4.78, 5) is 18.9. The van der Waals surface area contributed by atoms with Crippen molar-refractivity contribution in [1.29, 1.82) is 0 Å². The summed E-state index contributed by atoms with van der Waals surface area (Å²) in [5.41, 5.74) is 2.35. The molecule has 3 rings (SSSR count). The van der Waals surface area contributed by atoms with E-state index in [-0.39, 0.29) is 11.7 Å². The molecule has 5 nitrogen and oxygen atoms in total. The smallest absolute Gasteiger partial charge is 0.255 e. The fourth-order valence-corrected chi connectivity index (χ4v) is 3.11. The van der Waals surface area contributed by atoms with E-state index in [9.17, 15) is 9.90 Å². The van der Waals surface area contributed by atoms with Crippen LogP contribution in [0.1, 0.15) is 28.0 Å². The summed E-state index contributed by atoms with van der Waals surface area (Å²) < 4.78 is 0. The second kappa shape index (κ2) is 7.45. The molecule has 1 aromatic carbocycles. The summed E-state index contributed by atoms with van der Waals surface area (Å²) in [6, 6.07) is 11.1. The summed E-state index contributed by atoms with van der Waals surface area (Å²) in [6.45, 7) is 5.34. The number of hydrogen-bond acceptors (Lipinski definition) is 4. The minimum atomic E-state index is -0.212. The Balaban J connectivity index is 1.48. The van der Waals surface area contributed by atoms with Crippen LogP contribution >= 0.6 is 0 Å². The summed E-state index contributed by atoms with van der Waals surface area (Å²) in [6.07, 6.45) is 2.88. The van der Waals surface area contributed by atoms with E-state index < -0.39 is 0 Å². The number of nitrogens with zero attached hydrogens (tertiary/aromatic N) is 2. The Morgan fingerprint density at radius 3 is 3.00 bits per heavy atom. The van der Waals surface area contributed by atoms with Crippen molar-refractivity contribution >= 4 is 5.91 Å². The Bertz CT molecular complexity index is 703. The van der Waals surface area contributed by atoms with Gasteiger partial charge < -0.3 is 10.4 Å². The normalized spacial score (nSPS) is 17.8. The largest absolute Gasteiger partial charge is 0.507 e. The molecule has 0 bridgehead atoms. The van der Waals surface area contributed by atoms with Crippen LogP contribution in [0.2, 0.25) is 0 Å². The van der Waals surface area contributed by atoms with Gasteiger partial charge in [0.25, 0.3) is 5.91 Å². The van der Waals surface area contributed by atoms with Gasteiger partial charge in [-0.3, -0.25) is 14.7 Å². The number of aryl methyl sites for hydroxylation is 1. The molecule has 1 unspecified atom stereocenters. The zero-order chi connectivity index (χ0) is 16.9. The first-order chi connectivity index (χ1) is 11.6. The predicted molar refractivity (Wildman–Crippen MR) is 92.8 cm³/mol. The highest BCUT2D eigenvalue weighted by molar-refractivity contribution is 5.96.